The molecular formula is C18H15NOS. The Morgan fingerprint density at radius 2 is 1.86 bits per heavy atom. The molecule has 2 heterocycles. The predicted molar refractivity (Wildman–Crippen MR) is 88.3 cm³/mol. The second-order valence-corrected chi connectivity index (χ2v) is 6.28. The molecule has 0 unspecified atom stereocenters. The molecule has 0 saturated carbocycles. The zero-order valence-electron chi connectivity index (χ0n) is 11.6. The molecule has 0 spiro atoms. The van der Waals surface area contributed by atoms with Gasteiger partial charge < -0.3 is 4.90 Å². The van der Waals surface area contributed by atoms with E-state index in [1.807, 2.05) is 18.2 Å². The minimum absolute atomic E-state index is 0.261. The van der Waals surface area contributed by atoms with Crippen LogP contribution < -0.4 is 4.90 Å². The smallest absolute Gasteiger partial charge is 0.166 e. The van der Waals surface area contributed by atoms with Crippen LogP contribution in [0.3, 0.4) is 0 Å². The summed E-state index contributed by atoms with van der Waals surface area (Å²) in [5.41, 5.74) is 3.28. The summed E-state index contributed by atoms with van der Waals surface area (Å²) in [6.07, 6.45) is 0.610. The molecule has 2 nitrogen and oxygen atoms in total. The van der Waals surface area contributed by atoms with Crippen LogP contribution in [-0.2, 0) is 6.54 Å². The SMILES string of the molecule is O=C1CCN(Cc2csc3ccccc23)c2ccccc21. The summed E-state index contributed by atoms with van der Waals surface area (Å²) in [6, 6.07) is 16.5. The lowest BCUT2D eigenvalue weighted by Gasteiger charge is -2.30. The van der Waals surface area contributed by atoms with Crippen molar-refractivity contribution in [3.8, 4) is 0 Å². The molecule has 0 atom stereocenters. The minimum Gasteiger partial charge on any atom is -0.366 e. The zero-order valence-corrected chi connectivity index (χ0v) is 12.4. The van der Waals surface area contributed by atoms with Crippen molar-refractivity contribution in [3.05, 3.63) is 65.0 Å². The fourth-order valence-electron chi connectivity index (χ4n) is 3.00. The number of anilines is 1. The van der Waals surface area contributed by atoms with Gasteiger partial charge in [-0.05, 0) is 34.5 Å². The molecular weight excluding hydrogens is 278 g/mol. The van der Waals surface area contributed by atoms with Gasteiger partial charge in [-0.1, -0.05) is 30.3 Å². The zero-order chi connectivity index (χ0) is 14.2. The third-order valence-corrected chi connectivity index (χ3v) is 5.09. The van der Waals surface area contributed by atoms with E-state index in [1.165, 1.54) is 15.6 Å². The number of para-hydroxylation sites is 1. The van der Waals surface area contributed by atoms with E-state index in [2.05, 4.69) is 40.6 Å². The molecule has 3 aromatic rings. The van der Waals surface area contributed by atoms with Crippen LogP contribution in [0.5, 0.6) is 0 Å². The van der Waals surface area contributed by atoms with Crippen LogP contribution in [-0.4, -0.2) is 12.3 Å². The summed E-state index contributed by atoms with van der Waals surface area (Å²) in [5, 5.41) is 3.57. The summed E-state index contributed by atoms with van der Waals surface area (Å²) in [5.74, 6) is 0.261. The largest absolute Gasteiger partial charge is 0.366 e. The van der Waals surface area contributed by atoms with Gasteiger partial charge in [-0.15, -0.1) is 11.3 Å². The maximum absolute atomic E-state index is 12.0. The van der Waals surface area contributed by atoms with Gasteiger partial charge in [0.05, 0.1) is 0 Å². The lowest BCUT2D eigenvalue weighted by Crippen LogP contribution is -2.31. The first-order valence-corrected chi connectivity index (χ1v) is 8.03. The predicted octanol–water partition coefficient (Wildman–Crippen LogP) is 4.49. The summed E-state index contributed by atoms with van der Waals surface area (Å²) in [4.78, 5) is 14.3. The van der Waals surface area contributed by atoms with Gasteiger partial charge in [-0.25, -0.2) is 0 Å². The van der Waals surface area contributed by atoms with Crippen LogP contribution in [0.25, 0.3) is 10.1 Å². The van der Waals surface area contributed by atoms with E-state index in [4.69, 9.17) is 0 Å². The number of thiophene rings is 1. The van der Waals surface area contributed by atoms with Gasteiger partial charge in [0.2, 0.25) is 0 Å². The molecule has 0 bridgehead atoms. The number of carbonyl (C=O) groups excluding carboxylic acids is 1. The first kappa shape index (κ1) is 12.6. The highest BCUT2D eigenvalue weighted by Gasteiger charge is 2.23. The molecule has 1 aliphatic rings. The lowest BCUT2D eigenvalue weighted by molar-refractivity contribution is 0.0979. The van der Waals surface area contributed by atoms with Crippen molar-refractivity contribution >= 4 is 32.9 Å². The molecule has 1 aliphatic heterocycles. The number of rotatable bonds is 2. The Labute approximate surface area is 127 Å². The van der Waals surface area contributed by atoms with Crippen molar-refractivity contribution in [2.24, 2.45) is 0 Å². The van der Waals surface area contributed by atoms with E-state index in [-0.39, 0.29) is 5.78 Å². The Hall–Kier alpha value is -2.13. The number of hydrogen-bond acceptors (Lipinski definition) is 3. The van der Waals surface area contributed by atoms with Crippen LogP contribution in [0.4, 0.5) is 5.69 Å². The number of carbonyl (C=O) groups is 1. The normalized spacial score (nSPS) is 14.5. The van der Waals surface area contributed by atoms with E-state index in [9.17, 15) is 4.79 Å². The summed E-state index contributed by atoms with van der Waals surface area (Å²) in [6.45, 7) is 1.67. The van der Waals surface area contributed by atoms with Crippen molar-refractivity contribution in [1.82, 2.24) is 0 Å². The van der Waals surface area contributed by atoms with Crippen LogP contribution in [0.2, 0.25) is 0 Å². The Balaban J connectivity index is 1.72. The van der Waals surface area contributed by atoms with Crippen LogP contribution in [0.1, 0.15) is 22.3 Å². The van der Waals surface area contributed by atoms with Gasteiger partial charge in [0.25, 0.3) is 0 Å². The molecule has 1 aromatic heterocycles. The van der Waals surface area contributed by atoms with Gasteiger partial charge in [0.15, 0.2) is 5.78 Å². The molecule has 0 aliphatic carbocycles. The van der Waals surface area contributed by atoms with Crippen molar-refractivity contribution in [2.75, 3.05) is 11.4 Å². The Morgan fingerprint density at radius 1 is 1.05 bits per heavy atom. The van der Waals surface area contributed by atoms with Gasteiger partial charge in [0, 0.05) is 35.5 Å². The van der Waals surface area contributed by atoms with E-state index in [0.717, 1.165) is 24.3 Å². The van der Waals surface area contributed by atoms with E-state index >= 15 is 0 Å². The average Bonchev–Trinajstić information content (AvgIpc) is 2.94. The summed E-state index contributed by atoms with van der Waals surface area (Å²) >= 11 is 1.79. The quantitative estimate of drug-likeness (QED) is 0.693. The Bertz CT molecular complexity index is 821. The number of fused-ring (bicyclic) bond motifs is 2. The number of hydrogen-bond donors (Lipinski definition) is 0. The maximum Gasteiger partial charge on any atom is 0.166 e. The van der Waals surface area contributed by atoms with E-state index < -0.39 is 0 Å². The van der Waals surface area contributed by atoms with Crippen LogP contribution >= 0.6 is 11.3 Å². The molecule has 0 fully saturated rings. The second-order valence-electron chi connectivity index (χ2n) is 5.37. The molecule has 0 saturated heterocycles. The van der Waals surface area contributed by atoms with Gasteiger partial charge in [0.1, 0.15) is 0 Å². The third kappa shape index (κ3) is 2.14. The minimum atomic E-state index is 0.261. The molecule has 2 aromatic carbocycles. The monoisotopic (exact) mass is 293 g/mol. The third-order valence-electron chi connectivity index (χ3n) is 4.08. The average molecular weight is 293 g/mol. The van der Waals surface area contributed by atoms with Crippen LogP contribution in [0.15, 0.2) is 53.9 Å². The van der Waals surface area contributed by atoms with Crippen molar-refractivity contribution in [2.45, 2.75) is 13.0 Å². The standard InChI is InChI=1S/C18H15NOS/c20-17-9-10-19(16-7-3-1-6-15(16)17)11-13-12-21-18-8-4-2-5-14(13)18/h1-8,12H,9-11H2. The van der Waals surface area contributed by atoms with Gasteiger partial charge in [-0.3, -0.25) is 4.79 Å². The molecule has 0 radical (unpaired) electrons. The number of ketones is 1. The molecule has 3 heteroatoms. The molecule has 104 valence electrons. The highest BCUT2D eigenvalue weighted by molar-refractivity contribution is 7.17. The number of benzene rings is 2. The van der Waals surface area contributed by atoms with Crippen molar-refractivity contribution in [3.63, 3.8) is 0 Å². The fourth-order valence-corrected chi connectivity index (χ4v) is 3.96. The maximum atomic E-state index is 12.0. The van der Waals surface area contributed by atoms with Gasteiger partial charge in [-0.2, -0.15) is 0 Å². The lowest BCUT2D eigenvalue weighted by atomic mass is 10.00. The van der Waals surface area contributed by atoms with E-state index in [0.29, 0.717) is 6.42 Å². The highest BCUT2D eigenvalue weighted by atomic mass is 32.1. The first-order valence-electron chi connectivity index (χ1n) is 7.15. The highest BCUT2D eigenvalue weighted by Crippen LogP contribution is 2.31. The van der Waals surface area contributed by atoms with E-state index in [1.54, 1.807) is 11.3 Å². The molecule has 0 N–H and O–H groups in total. The molecule has 0 amide bonds. The first-order chi connectivity index (χ1) is 10.3. The Morgan fingerprint density at radius 3 is 2.81 bits per heavy atom. The number of nitrogens with zero attached hydrogens (tertiary/aromatic N) is 1. The van der Waals surface area contributed by atoms with Crippen molar-refractivity contribution < 1.29 is 4.79 Å². The number of Topliss-reactive ketones (excluding diaryl/α,β-unsaturated/α-hetero) is 1. The fraction of sp³-hybridized carbons (Fsp3) is 0.167. The summed E-state index contributed by atoms with van der Waals surface area (Å²) < 4.78 is 1.33. The molecule has 21 heavy (non-hydrogen) atoms. The second kappa shape index (κ2) is 5.01. The Kier molecular flexibility index (Phi) is 3.00. The summed E-state index contributed by atoms with van der Waals surface area (Å²) in [7, 11) is 0. The van der Waals surface area contributed by atoms with Crippen LogP contribution in [0, 0.1) is 0 Å². The molecule has 4 rings (SSSR count). The van der Waals surface area contributed by atoms with Gasteiger partial charge >= 0.3 is 0 Å². The van der Waals surface area contributed by atoms with Crippen molar-refractivity contribution in [1.29, 1.82) is 0 Å². The topological polar surface area (TPSA) is 20.3 Å².